The largest absolute Gasteiger partial charge is 0.368 e. The topological polar surface area (TPSA) is 101 Å². The molecule has 2 rings (SSSR count). The Morgan fingerprint density at radius 1 is 0.926 bits per heavy atom. The predicted molar refractivity (Wildman–Crippen MR) is 104 cm³/mol. The number of amides is 3. The van der Waals surface area contributed by atoms with Gasteiger partial charge >= 0.3 is 0 Å². The highest BCUT2D eigenvalue weighted by atomic mass is 35.5. The molecule has 2 aromatic carbocycles. The van der Waals surface area contributed by atoms with Crippen molar-refractivity contribution in [2.75, 3.05) is 0 Å². The molecule has 0 saturated heterocycles. The maximum Gasteiger partial charge on any atom is 0.243 e. The lowest BCUT2D eigenvalue weighted by Gasteiger charge is -2.22. The van der Waals surface area contributed by atoms with E-state index in [4.69, 9.17) is 17.3 Å². The summed E-state index contributed by atoms with van der Waals surface area (Å²) in [6.07, 6.45) is 0.509. The summed E-state index contributed by atoms with van der Waals surface area (Å²) in [5.41, 5.74) is 7.11. The number of carbonyl (C=O) groups is 3. The summed E-state index contributed by atoms with van der Waals surface area (Å²) in [5.74, 6) is -1.47. The highest BCUT2D eigenvalue weighted by molar-refractivity contribution is 6.30. The standard InChI is InChI=1S/C20H22ClN3O3/c1-13(25)23-18(11-14-6-3-2-4-7-14)20(27)24-17(19(22)26)12-15-8-5-9-16(21)10-15/h2-10,17-18H,11-12H2,1H3,(H2,22,26)(H,23,25)(H,24,27)/t17-,18+/m1/s1. The Morgan fingerprint density at radius 2 is 1.56 bits per heavy atom. The van der Waals surface area contributed by atoms with Gasteiger partial charge in [-0.15, -0.1) is 0 Å². The minimum absolute atomic E-state index is 0.208. The molecule has 0 spiro atoms. The van der Waals surface area contributed by atoms with E-state index in [0.29, 0.717) is 11.4 Å². The highest BCUT2D eigenvalue weighted by Gasteiger charge is 2.25. The van der Waals surface area contributed by atoms with Gasteiger partial charge in [-0.3, -0.25) is 14.4 Å². The lowest BCUT2D eigenvalue weighted by Crippen LogP contribution is -2.54. The fourth-order valence-corrected chi connectivity index (χ4v) is 2.91. The van der Waals surface area contributed by atoms with Crippen LogP contribution in [0.4, 0.5) is 0 Å². The summed E-state index contributed by atoms with van der Waals surface area (Å²) in [6, 6.07) is 14.5. The van der Waals surface area contributed by atoms with Gasteiger partial charge in [-0.05, 0) is 23.3 Å². The van der Waals surface area contributed by atoms with E-state index < -0.39 is 23.9 Å². The van der Waals surface area contributed by atoms with E-state index in [0.717, 1.165) is 11.1 Å². The minimum Gasteiger partial charge on any atom is -0.368 e. The fraction of sp³-hybridized carbons (Fsp3) is 0.250. The zero-order valence-corrected chi connectivity index (χ0v) is 15.7. The van der Waals surface area contributed by atoms with Crippen LogP contribution in [0.3, 0.4) is 0 Å². The molecule has 142 valence electrons. The molecule has 2 aromatic rings. The smallest absolute Gasteiger partial charge is 0.243 e. The molecular weight excluding hydrogens is 366 g/mol. The van der Waals surface area contributed by atoms with Crippen LogP contribution in [0.2, 0.25) is 5.02 Å². The molecule has 0 unspecified atom stereocenters. The van der Waals surface area contributed by atoms with E-state index >= 15 is 0 Å². The molecule has 0 aliphatic carbocycles. The van der Waals surface area contributed by atoms with Crippen molar-refractivity contribution in [2.45, 2.75) is 31.8 Å². The van der Waals surface area contributed by atoms with Gasteiger partial charge in [-0.1, -0.05) is 54.1 Å². The lowest BCUT2D eigenvalue weighted by molar-refractivity contribution is -0.130. The Kier molecular flexibility index (Phi) is 7.37. The van der Waals surface area contributed by atoms with Gasteiger partial charge in [0.2, 0.25) is 17.7 Å². The van der Waals surface area contributed by atoms with Gasteiger partial charge in [0.05, 0.1) is 0 Å². The Bertz CT molecular complexity index is 811. The molecule has 0 bridgehead atoms. The molecule has 0 aliphatic heterocycles. The third-order valence-corrected chi connectivity index (χ3v) is 4.20. The SMILES string of the molecule is CC(=O)N[C@@H](Cc1ccccc1)C(=O)N[C@H](Cc1cccc(Cl)c1)C(N)=O. The Morgan fingerprint density at radius 3 is 2.15 bits per heavy atom. The molecule has 6 nitrogen and oxygen atoms in total. The van der Waals surface area contributed by atoms with E-state index in [9.17, 15) is 14.4 Å². The van der Waals surface area contributed by atoms with Gasteiger partial charge in [0, 0.05) is 24.8 Å². The molecule has 27 heavy (non-hydrogen) atoms. The molecule has 0 heterocycles. The van der Waals surface area contributed by atoms with Gasteiger partial charge < -0.3 is 16.4 Å². The van der Waals surface area contributed by atoms with Crippen molar-refractivity contribution in [3.05, 3.63) is 70.7 Å². The van der Waals surface area contributed by atoms with Gasteiger partial charge in [0.25, 0.3) is 0 Å². The summed E-state index contributed by atoms with van der Waals surface area (Å²) in [6.45, 7) is 1.34. The number of hydrogen-bond acceptors (Lipinski definition) is 3. The van der Waals surface area contributed by atoms with Gasteiger partial charge in [-0.25, -0.2) is 0 Å². The van der Waals surface area contributed by atoms with Crippen molar-refractivity contribution >= 4 is 29.3 Å². The zero-order valence-electron chi connectivity index (χ0n) is 14.9. The molecule has 2 atom stereocenters. The number of benzene rings is 2. The van der Waals surface area contributed by atoms with Gasteiger partial charge in [0.1, 0.15) is 12.1 Å². The molecule has 0 aromatic heterocycles. The lowest BCUT2D eigenvalue weighted by atomic mass is 10.0. The van der Waals surface area contributed by atoms with E-state index in [-0.39, 0.29) is 12.3 Å². The number of primary amides is 1. The van der Waals surface area contributed by atoms with E-state index in [1.165, 1.54) is 6.92 Å². The predicted octanol–water partition coefficient (Wildman–Crippen LogP) is 1.60. The number of hydrogen-bond donors (Lipinski definition) is 3. The minimum atomic E-state index is -0.914. The summed E-state index contributed by atoms with van der Waals surface area (Å²) in [4.78, 5) is 36.0. The molecule has 0 fully saturated rings. The van der Waals surface area contributed by atoms with Crippen molar-refractivity contribution in [2.24, 2.45) is 5.73 Å². The van der Waals surface area contributed by atoms with Crippen LogP contribution >= 0.6 is 11.6 Å². The number of halogens is 1. The van der Waals surface area contributed by atoms with Crippen LogP contribution < -0.4 is 16.4 Å². The van der Waals surface area contributed by atoms with Crippen molar-refractivity contribution in [3.63, 3.8) is 0 Å². The van der Waals surface area contributed by atoms with Crippen LogP contribution in [-0.2, 0) is 27.2 Å². The maximum atomic E-state index is 12.7. The fourth-order valence-electron chi connectivity index (χ4n) is 2.70. The summed E-state index contributed by atoms with van der Waals surface area (Å²) < 4.78 is 0. The first-order valence-electron chi connectivity index (χ1n) is 8.50. The monoisotopic (exact) mass is 387 g/mol. The summed E-state index contributed by atoms with van der Waals surface area (Å²) in [5, 5.41) is 5.79. The Balaban J connectivity index is 2.11. The summed E-state index contributed by atoms with van der Waals surface area (Å²) in [7, 11) is 0. The third kappa shape index (κ3) is 6.75. The van der Waals surface area contributed by atoms with Crippen LogP contribution in [0.5, 0.6) is 0 Å². The second-order valence-corrected chi connectivity index (χ2v) is 6.68. The van der Waals surface area contributed by atoms with Crippen LogP contribution in [0.15, 0.2) is 54.6 Å². The molecule has 3 amide bonds. The first kappa shape index (κ1) is 20.5. The normalized spacial score (nSPS) is 12.7. The molecule has 4 N–H and O–H groups in total. The number of nitrogens with two attached hydrogens (primary N) is 1. The third-order valence-electron chi connectivity index (χ3n) is 3.97. The van der Waals surface area contributed by atoms with Crippen LogP contribution in [-0.4, -0.2) is 29.8 Å². The summed E-state index contributed by atoms with van der Waals surface area (Å²) >= 11 is 5.96. The van der Waals surface area contributed by atoms with Crippen molar-refractivity contribution in [1.82, 2.24) is 10.6 Å². The molecule has 0 saturated carbocycles. The Labute approximate surface area is 163 Å². The highest BCUT2D eigenvalue weighted by Crippen LogP contribution is 2.12. The van der Waals surface area contributed by atoms with Gasteiger partial charge in [0.15, 0.2) is 0 Å². The second-order valence-electron chi connectivity index (χ2n) is 6.24. The van der Waals surface area contributed by atoms with Crippen LogP contribution in [0, 0.1) is 0 Å². The van der Waals surface area contributed by atoms with Crippen molar-refractivity contribution in [3.8, 4) is 0 Å². The average molecular weight is 388 g/mol. The number of carbonyl (C=O) groups excluding carboxylic acids is 3. The molecular formula is C20H22ClN3O3. The Hall–Kier alpha value is -2.86. The quantitative estimate of drug-likeness (QED) is 0.641. The number of nitrogens with one attached hydrogen (secondary N) is 2. The molecule has 7 heteroatoms. The number of rotatable bonds is 8. The molecule has 0 radical (unpaired) electrons. The first-order chi connectivity index (χ1) is 12.8. The van der Waals surface area contributed by atoms with E-state index in [1.807, 2.05) is 30.3 Å². The van der Waals surface area contributed by atoms with Crippen molar-refractivity contribution in [1.29, 1.82) is 0 Å². The second kappa shape index (κ2) is 9.73. The van der Waals surface area contributed by atoms with Crippen LogP contribution in [0.25, 0.3) is 0 Å². The van der Waals surface area contributed by atoms with E-state index in [1.54, 1.807) is 24.3 Å². The van der Waals surface area contributed by atoms with Gasteiger partial charge in [-0.2, -0.15) is 0 Å². The zero-order chi connectivity index (χ0) is 19.8. The average Bonchev–Trinajstić information content (AvgIpc) is 2.61. The van der Waals surface area contributed by atoms with Crippen molar-refractivity contribution < 1.29 is 14.4 Å². The molecule has 0 aliphatic rings. The maximum absolute atomic E-state index is 12.7. The van der Waals surface area contributed by atoms with E-state index in [2.05, 4.69) is 10.6 Å². The van der Waals surface area contributed by atoms with Crippen LogP contribution in [0.1, 0.15) is 18.1 Å². The first-order valence-corrected chi connectivity index (χ1v) is 8.88.